The van der Waals surface area contributed by atoms with Crippen LogP contribution in [-0.2, 0) is 13.0 Å². The van der Waals surface area contributed by atoms with Crippen molar-refractivity contribution in [1.82, 2.24) is 9.97 Å². The van der Waals surface area contributed by atoms with Crippen molar-refractivity contribution >= 4 is 32.9 Å². The Morgan fingerprint density at radius 1 is 1.36 bits per heavy atom. The van der Waals surface area contributed by atoms with Crippen molar-refractivity contribution in [2.75, 3.05) is 17.2 Å². The van der Waals surface area contributed by atoms with E-state index in [0.717, 1.165) is 36.3 Å². The van der Waals surface area contributed by atoms with E-state index in [1.807, 2.05) is 23.6 Å². The molecule has 0 radical (unpaired) electrons. The monoisotopic (exact) mass is 312 g/mol. The van der Waals surface area contributed by atoms with E-state index in [0.29, 0.717) is 17.1 Å². The Hall–Kier alpha value is -2.34. The molecule has 0 amide bonds. The minimum absolute atomic E-state index is 0.0557. The minimum Gasteiger partial charge on any atom is -0.398 e. The van der Waals surface area contributed by atoms with Crippen LogP contribution < -0.4 is 16.2 Å². The van der Waals surface area contributed by atoms with Crippen LogP contribution in [0, 0.1) is 0 Å². The second-order valence-corrected chi connectivity index (χ2v) is 6.43. The summed E-state index contributed by atoms with van der Waals surface area (Å²) in [5, 5.41) is 1.90. The summed E-state index contributed by atoms with van der Waals surface area (Å²) >= 11 is 1.42. The van der Waals surface area contributed by atoms with E-state index in [-0.39, 0.29) is 5.56 Å². The molecular formula is C16H16N4OS. The molecule has 3 N–H and O–H groups in total. The Kier molecular flexibility index (Phi) is 3.11. The van der Waals surface area contributed by atoms with E-state index in [1.54, 1.807) is 0 Å². The molecule has 0 spiro atoms. The van der Waals surface area contributed by atoms with Crippen molar-refractivity contribution in [3.63, 3.8) is 0 Å². The zero-order valence-electron chi connectivity index (χ0n) is 12.0. The molecule has 0 atom stereocenters. The van der Waals surface area contributed by atoms with Crippen LogP contribution in [-0.4, -0.2) is 16.5 Å². The van der Waals surface area contributed by atoms with Gasteiger partial charge in [0.25, 0.3) is 5.56 Å². The van der Waals surface area contributed by atoms with E-state index >= 15 is 0 Å². The molecule has 0 bridgehead atoms. The fourth-order valence-electron chi connectivity index (χ4n) is 3.07. The number of thiophene rings is 1. The maximum absolute atomic E-state index is 12.1. The topological polar surface area (TPSA) is 75.0 Å². The van der Waals surface area contributed by atoms with Crippen LogP contribution in [0.4, 0.5) is 11.4 Å². The zero-order chi connectivity index (χ0) is 15.1. The highest BCUT2D eigenvalue weighted by Gasteiger charge is 2.19. The van der Waals surface area contributed by atoms with Crippen LogP contribution in [0.2, 0.25) is 0 Å². The molecule has 5 nitrogen and oxygen atoms in total. The van der Waals surface area contributed by atoms with Crippen molar-refractivity contribution in [3.8, 4) is 0 Å². The summed E-state index contributed by atoms with van der Waals surface area (Å²) in [5.74, 6) is 0.700. The average Bonchev–Trinajstić information content (AvgIpc) is 2.97. The fourth-order valence-corrected chi connectivity index (χ4v) is 3.79. The fraction of sp³-hybridized carbons (Fsp3) is 0.250. The highest BCUT2D eigenvalue weighted by atomic mass is 32.1. The average molecular weight is 312 g/mol. The number of hydrogen-bond acceptors (Lipinski definition) is 5. The zero-order valence-corrected chi connectivity index (χ0v) is 12.8. The lowest BCUT2D eigenvalue weighted by atomic mass is 10.00. The standard InChI is InChI=1S/C16H16N4OS/c17-11-4-1-5-13-10(11)3-2-7-20(13)9-14-18-12-6-8-22-15(12)16(21)19-14/h1,4-6,8H,2-3,7,9,17H2,(H,18,19,21). The quantitative estimate of drug-likeness (QED) is 0.713. The lowest BCUT2D eigenvalue weighted by Crippen LogP contribution is -2.30. The second-order valence-electron chi connectivity index (χ2n) is 5.52. The number of nitrogens with zero attached hydrogens (tertiary/aromatic N) is 2. The Labute approximate surface area is 131 Å². The molecular weight excluding hydrogens is 296 g/mol. The van der Waals surface area contributed by atoms with Gasteiger partial charge < -0.3 is 15.6 Å². The molecule has 2 aromatic heterocycles. The molecule has 1 aromatic carbocycles. The summed E-state index contributed by atoms with van der Waals surface area (Å²) in [4.78, 5) is 21.8. The van der Waals surface area contributed by atoms with Crippen molar-refractivity contribution in [2.45, 2.75) is 19.4 Å². The van der Waals surface area contributed by atoms with Gasteiger partial charge in [0.2, 0.25) is 0 Å². The number of hydrogen-bond donors (Lipinski definition) is 2. The molecule has 0 saturated heterocycles. The van der Waals surface area contributed by atoms with Crippen LogP contribution in [0.1, 0.15) is 17.8 Å². The third-order valence-electron chi connectivity index (χ3n) is 4.09. The van der Waals surface area contributed by atoms with Gasteiger partial charge in [0.15, 0.2) is 0 Å². The third-order valence-corrected chi connectivity index (χ3v) is 4.99. The van der Waals surface area contributed by atoms with Gasteiger partial charge in [0.1, 0.15) is 10.5 Å². The molecule has 0 aliphatic carbocycles. The molecule has 0 fully saturated rings. The first-order valence-electron chi connectivity index (χ1n) is 7.31. The Bertz CT molecular complexity index is 899. The SMILES string of the molecule is Nc1cccc2c1CCCN2Cc1nc2ccsc2c(=O)[nH]1. The number of H-pyrrole nitrogens is 1. The van der Waals surface area contributed by atoms with Gasteiger partial charge in [-0.3, -0.25) is 4.79 Å². The van der Waals surface area contributed by atoms with Crippen LogP contribution in [0.3, 0.4) is 0 Å². The number of benzene rings is 1. The summed E-state index contributed by atoms with van der Waals surface area (Å²) < 4.78 is 0.687. The first kappa shape index (κ1) is 13.3. The lowest BCUT2D eigenvalue weighted by molar-refractivity contribution is 0.675. The number of nitrogens with one attached hydrogen (secondary N) is 1. The second kappa shape index (κ2) is 5.14. The van der Waals surface area contributed by atoms with Crippen LogP contribution in [0.25, 0.3) is 10.2 Å². The number of rotatable bonds is 2. The molecule has 22 heavy (non-hydrogen) atoms. The predicted octanol–water partition coefficient (Wildman–Crippen LogP) is 2.52. The third kappa shape index (κ3) is 2.16. The maximum Gasteiger partial charge on any atom is 0.268 e. The number of fused-ring (bicyclic) bond motifs is 2. The molecule has 3 aromatic rings. The number of nitrogens with two attached hydrogens (primary N) is 1. The Balaban J connectivity index is 1.72. The van der Waals surface area contributed by atoms with Crippen LogP contribution in [0.5, 0.6) is 0 Å². The molecule has 3 heterocycles. The first-order chi connectivity index (χ1) is 10.7. The number of anilines is 2. The van der Waals surface area contributed by atoms with Gasteiger partial charge in [-0.2, -0.15) is 0 Å². The summed E-state index contributed by atoms with van der Waals surface area (Å²) in [6.07, 6.45) is 2.07. The maximum atomic E-state index is 12.1. The Morgan fingerprint density at radius 3 is 3.18 bits per heavy atom. The number of aromatic nitrogens is 2. The smallest absolute Gasteiger partial charge is 0.268 e. The van der Waals surface area contributed by atoms with Gasteiger partial charge in [-0.15, -0.1) is 11.3 Å². The molecule has 6 heteroatoms. The largest absolute Gasteiger partial charge is 0.398 e. The molecule has 1 aliphatic heterocycles. The molecule has 1 aliphatic rings. The minimum atomic E-state index is -0.0557. The van der Waals surface area contributed by atoms with Crippen LogP contribution >= 0.6 is 11.3 Å². The van der Waals surface area contributed by atoms with Crippen molar-refractivity contribution in [3.05, 3.63) is 51.4 Å². The van der Waals surface area contributed by atoms with Gasteiger partial charge >= 0.3 is 0 Å². The van der Waals surface area contributed by atoms with E-state index in [4.69, 9.17) is 5.73 Å². The predicted molar refractivity (Wildman–Crippen MR) is 90.5 cm³/mol. The van der Waals surface area contributed by atoms with Gasteiger partial charge in [-0.1, -0.05) is 6.07 Å². The summed E-state index contributed by atoms with van der Waals surface area (Å²) in [5.41, 5.74) is 10.00. The van der Waals surface area contributed by atoms with E-state index in [9.17, 15) is 4.79 Å². The van der Waals surface area contributed by atoms with E-state index < -0.39 is 0 Å². The summed E-state index contributed by atoms with van der Waals surface area (Å²) in [7, 11) is 0. The van der Waals surface area contributed by atoms with E-state index in [2.05, 4.69) is 20.9 Å². The first-order valence-corrected chi connectivity index (χ1v) is 8.19. The number of nitrogen functional groups attached to an aromatic ring is 1. The summed E-state index contributed by atoms with van der Waals surface area (Å²) in [6, 6.07) is 7.90. The lowest BCUT2D eigenvalue weighted by Gasteiger charge is -2.31. The van der Waals surface area contributed by atoms with Crippen molar-refractivity contribution < 1.29 is 0 Å². The van der Waals surface area contributed by atoms with E-state index in [1.165, 1.54) is 16.9 Å². The summed E-state index contributed by atoms with van der Waals surface area (Å²) in [6.45, 7) is 1.54. The highest BCUT2D eigenvalue weighted by molar-refractivity contribution is 7.17. The molecule has 112 valence electrons. The highest BCUT2D eigenvalue weighted by Crippen LogP contribution is 2.31. The van der Waals surface area contributed by atoms with Crippen molar-refractivity contribution in [2.24, 2.45) is 0 Å². The van der Waals surface area contributed by atoms with Crippen LogP contribution in [0.15, 0.2) is 34.4 Å². The molecule has 0 saturated carbocycles. The van der Waals surface area contributed by atoms with Gasteiger partial charge in [0, 0.05) is 17.9 Å². The van der Waals surface area contributed by atoms with Gasteiger partial charge in [-0.05, 0) is 42.0 Å². The van der Waals surface area contributed by atoms with Gasteiger partial charge in [-0.25, -0.2) is 4.98 Å². The molecule has 4 rings (SSSR count). The molecule has 0 unspecified atom stereocenters. The number of aromatic amines is 1. The van der Waals surface area contributed by atoms with Crippen molar-refractivity contribution in [1.29, 1.82) is 0 Å². The van der Waals surface area contributed by atoms with Gasteiger partial charge in [0.05, 0.1) is 12.1 Å². The Morgan fingerprint density at radius 2 is 2.27 bits per heavy atom. The normalized spacial score (nSPS) is 14.3.